The van der Waals surface area contributed by atoms with E-state index in [0.717, 1.165) is 19.5 Å². The molecule has 1 aliphatic rings. The molecule has 2 rings (SSSR count). The highest BCUT2D eigenvalue weighted by atomic mass is 16.1. The van der Waals surface area contributed by atoms with Crippen LogP contribution in [0.1, 0.15) is 18.9 Å². The van der Waals surface area contributed by atoms with Gasteiger partial charge < -0.3 is 11.1 Å². The minimum Gasteiger partial charge on any atom is -0.383 e. The molecule has 2 heterocycles. The van der Waals surface area contributed by atoms with E-state index in [-0.39, 0.29) is 5.56 Å². The van der Waals surface area contributed by atoms with Gasteiger partial charge in [-0.1, -0.05) is 6.92 Å². The summed E-state index contributed by atoms with van der Waals surface area (Å²) in [6.07, 6.45) is 1.60. The van der Waals surface area contributed by atoms with Crippen LogP contribution in [0.2, 0.25) is 0 Å². The molecule has 76 valence electrons. The van der Waals surface area contributed by atoms with Gasteiger partial charge in [0.25, 0.3) is 5.56 Å². The normalized spacial score (nSPS) is 14.6. The fraction of sp³-hybridized carbons (Fsp3) is 0.556. The van der Waals surface area contributed by atoms with Crippen LogP contribution in [-0.4, -0.2) is 16.1 Å². The van der Waals surface area contributed by atoms with E-state index in [0.29, 0.717) is 23.8 Å². The number of hydrogen-bond donors (Lipinski definition) is 2. The van der Waals surface area contributed by atoms with Gasteiger partial charge in [0.05, 0.1) is 5.56 Å². The van der Waals surface area contributed by atoms with Gasteiger partial charge in [0.15, 0.2) is 0 Å². The Hall–Kier alpha value is -1.52. The lowest BCUT2D eigenvalue weighted by Gasteiger charge is -2.20. The number of rotatable bonds is 1. The molecule has 0 bridgehead atoms. The van der Waals surface area contributed by atoms with Crippen LogP contribution in [0.5, 0.6) is 0 Å². The van der Waals surface area contributed by atoms with E-state index in [1.165, 1.54) is 0 Å². The fourth-order valence-corrected chi connectivity index (χ4v) is 1.72. The molecule has 0 aromatic carbocycles. The molecule has 0 unspecified atom stereocenters. The van der Waals surface area contributed by atoms with E-state index in [2.05, 4.69) is 10.3 Å². The maximum absolute atomic E-state index is 11.9. The molecule has 0 amide bonds. The standard InChI is InChI=1S/C9H14N4O/c1-2-6-7(10)12-9-11-4-3-5-13(9)8(6)14/h2-5,10H2,1H3,(H,11,12). The van der Waals surface area contributed by atoms with Gasteiger partial charge in [-0.25, -0.2) is 0 Å². The van der Waals surface area contributed by atoms with Crippen molar-refractivity contribution in [1.29, 1.82) is 0 Å². The zero-order chi connectivity index (χ0) is 10.1. The van der Waals surface area contributed by atoms with Gasteiger partial charge in [-0.05, 0) is 12.8 Å². The summed E-state index contributed by atoms with van der Waals surface area (Å²) in [5.41, 5.74) is 6.32. The zero-order valence-corrected chi connectivity index (χ0v) is 8.21. The minimum absolute atomic E-state index is 0.00204. The summed E-state index contributed by atoms with van der Waals surface area (Å²) in [7, 11) is 0. The number of fused-ring (bicyclic) bond motifs is 1. The Kier molecular flexibility index (Phi) is 2.15. The van der Waals surface area contributed by atoms with Crippen molar-refractivity contribution in [3.8, 4) is 0 Å². The molecule has 0 atom stereocenters. The van der Waals surface area contributed by atoms with E-state index in [4.69, 9.17) is 5.73 Å². The van der Waals surface area contributed by atoms with Crippen molar-refractivity contribution in [2.75, 3.05) is 17.6 Å². The largest absolute Gasteiger partial charge is 0.383 e. The Morgan fingerprint density at radius 3 is 3.14 bits per heavy atom. The molecule has 0 spiro atoms. The number of nitrogen functional groups attached to an aromatic ring is 1. The van der Waals surface area contributed by atoms with Crippen LogP contribution in [0.3, 0.4) is 0 Å². The summed E-state index contributed by atoms with van der Waals surface area (Å²) in [6.45, 7) is 3.51. The third-order valence-electron chi connectivity index (χ3n) is 2.49. The van der Waals surface area contributed by atoms with Crippen molar-refractivity contribution in [2.24, 2.45) is 0 Å². The van der Waals surface area contributed by atoms with Gasteiger partial charge >= 0.3 is 0 Å². The number of aromatic nitrogens is 2. The third-order valence-corrected chi connectivity index (χ3v) is 2.49. The Balaban J connectivity index is 2.64. The summed E-state index contributed by atoms with van der Waals surface area (Å²) < 4.78 is 1.67. The lowest BCUT2D eigenvalue weighted by atomic mass is 10.2. The van der Waals surface area contributed by atoms with Gasteiger partial charge in [0, 0.05) is 13.1 Å². The number of anilines is 2. The van der Waals surface area contributed by atoms with Gasteiger partial charge in [-0.15, -0.1) is 0 Å². The van der Waals surface area contributed by atoms with Crippen LogP contribution in [0.25, 0.3) is 0 Å². The Labute approximate surface area is 82.0 Å². The second kappa shape index (κ2) is 3.32. The van der Waals surface area contributed by atoms with Crippen molar-refractivity contribution in [2.45, 2.75) is 26.3 Å². The first kappa shape index (κ1) is 9.05. The molecule has 1 aromatic rings. The summed E-state index contributed by atoms with van der Waals surface area (Å²) in [5.74, 6) is 0.967. The first-order chi connectivity index (χ1) is 6.74. The molecule has 5 heteroatoms. The Morgan fingerprint density at radius 2 is 2.43 bits per heavy atom. The van der Waals surface area contributed by atoms with E-state index in [1.54, 1.807) is 4.57 Å². The molecular formula is C9H14N4O. The first-order valence-corrected chi connectivity index (χ1v) is 4.87. The van der Waals surface area contributed by atoms with Crippen molar-refractivity contribution in [1.82, 2.24) is 9.55 Å². The second-order valence-electron chi connectivity index (χ2n) is 3.39. The topological polar surface area (TPSA) is 72.9 Å². The Bertz CT molecular complexity index is 410. The van der Waals surface area contributed by atoms with Crippen LogP contribution < -0.4 is 16.6 Å². The SMILES string of the molecule is CCc1c(N)nc2n(c1=O)CCCN2. The third kappa shape index (κ3) is 1.25. The fourth-order valence-electron chi connectivity index (χ4n) is 1.72. The van der Waals surface area contributed by atoms with Gasteiger partial charge in [0.1, 0.15) is 5.82 Å². The average Bonchev–Trinajstić information content (AvgIpc) is 2.18. The zero-order valence-electron chi connectivity index (χ0n) is 8.21. The highest BCUT2D eigenvalue weighted by Gasteiger charge is 2.15. The highest BCUT2D eigenvalue weighted by molar-refractivity contribution is 5.44. The van der Waals surface area contributed by atoms with E-state index in [9.17, 15) is 4.79 Å². The lowest BCUT2D eigenvalue weighted by molar-refractivity contribution is 0.592. The van der Waals surface area contributed by atoms with E-state index < -0.39 is 0 Å². The summed E-state index contributed by atoms with van der Waals surface area (Å²) in [5, 5.41) is 3.07. The smallest absolute Gasteiger partial charge is 0.260 e. The van der Waals surface area contributed by atoms with Crippen LogP contribution in [-0.2, 0) is 13.0 Å². The molecule has 5 nitrogen and oxygen atoms in total. The Morgan fingerprint density at radius 1 is 1.64 bits per heavy atom. The molecule has 1 aliphatic heterocycles. The number of nitrogens with one attached hydrogen (secondary N) is 1. The van der Waals surface area contributed by atoms with Crippen LogP contribution in [0, 0.1) is 0 Å². The van der Waals surface area contributed by atoms with Crippen LogP contribution in [0.4, 0.5) is 11.8 Å². The quantitative estimate of drug-likeness (QED) is 0.670. The van der Waals surface area contributed by atoms with Gasteiger partial charge in [0.2, 0.25) is 5.95 Å². The minimum atomic E-state index is 0.00204. The van der Waals surface area contributed by atoms with Gasteiger partial charge in [-0.2, -0.15) is 4.98 Å². The predicted octanol–water partition coefficient (Wildman–Crippen LogP) is 0.203. The van der Waals surface area contributed by atoms with Crippen LogP contribution >= 0.6 is 0 Å². The molecule has 0 radical (unpaired) electrons. The molecule has 0 saturated heterocycles. The van der Waals surface area contributed by atoms with Crippen molar-refractivity contribution < 1.29 is 0 Å². The summed E-state index contributed by atoms with van der Waals surface area (Å²) >= 11 is 0. The van der Waals surface area contributed by atoms with Crippen molar-refractivity contribution in [3.63, 3.8) is 0 Å². The highest BCUT2D eigenvalue weighted by Crippen LogP contribution is 2.13. The van der Waals surface area contributed by atoms with Gasteiger partial charge in [-0.3, -0.25) is 9.36 Å². The summed E-state index contributed by atoms with van der Waals surface area (Å²) in [6, 6.07) is 0. The predicted molar refractivity (Wildman–Crippen MR) is 55.4 cm³/mol. The van der Waals surface area contributed by atoms with E-state index in [1.807, 2.05) is 6.92 Å². The molecule has 0 fully saturated rings. The average molecular weight is 194 g/mol. The lowest BCUT2D eigenvalue weighted by Crippen LogP contribution is -2.33. The number of nitrogens with two attached hydrogens (primary N) is 1. The monoisotopic (exact) mass is 194 g/mol. The second-order valence-corrected chi connectivity index (χ2v) is 3.39. The van der Waals surface area contributed by atoms with E-state index >= 15 is 0 Å². The molecule has 0 aliphatic carbocycles. The van der Waals surface area contributed by atoms with Crippen molar-refractivity contribution in [3.05, 3.63) is 15.9 Å². The molecule has 14 heavy (non-hydrogen) atoms. The van der Waals surface area contributed by atoms with Crippen LogP contribution in [0.15, 0.2) is 4.79 Å². The number of nitrogens with zero attached hydrogens (tertiary/aromatic N) is 2. The van der Waals surface area contributed by atoms with Crippen molar-refractivity contribution >= 4 is 11.8 Å². The maximum atomic E-state index is 11.9. The maximum Gasteiger partial charge on any atom is 0.260 e. The molecule has 0 saturated carbocycles. The first-order valence-electron chi connectivity index (χ1n) is 4.87. The summed E-state index contributed by atoms with van der Waals surface area (Å²) in [4.78, 5) is 16.0. The molecule has 1 aromatic heterocycles. The molecular weight excluding hydrogens is 180 g/mol. The number of hydrogen-bond acceptors (Lipinski definition) is 4. The molecule has 3 N–H and O–H groups in total.